The van der Waals surface area contributed by atoms with Gasteiger partial charge < -0.3 is 19.9 Å². The van der Waals surface area contributed by atoms with Gasteiger partial charge in [-0.2, -0.15) is 0 Å². The van der Waals surface area contributed by atoms with Gasteiger partial charge in [0.05, 0.1) is 35.2 Å². The van der Waals surface area contributed by atoms with Crippen molar-refractivity contribution in [2.45, 2.75) is 38.5 Å². The summed E-state index contributed by atoms with van der Waals surface area (Å²) in [6.45, 7) is 6.26. The summed E-state index contributed by atoms with van der Waals surface area (Å²) in [7, 11) is 1.56. The topological polar surface area (TPSA) is 98.1 Å². The van der Waals surface area contributed by atoms with Gasteiger partial charge in [-0.15, -0.1) is 10.2 Å². The minimum absolute atomic E-state index is 0.135. The van der Waals surface area contributed by atoms with Crippen LogP contribution < -0.4 is 15.4 Å². The van der Waals surface area contributed by atoms with Crippen molar-refractivity contribution in [3.63, 3.8) is 0 Å². The van der Waals surface area contributed by atoms with E-state index < -0.39 is 6.04 Å². The SMILES string of the molecule is CCn1c(SCC(=O)Nc2cc(C)ccc2OC)nnc1[C@@H](C)NC(=O)c1ccc(Cl)cc1Cl. The normalized spacial score (nSPS) is 11.7. The fourth-order valence-electron chi connectivity index (χ4n) is 3.27. The minimum Gasteiger partial charge on any atom is -0.495 e. The number of aromatic nitrogens is 3. The first kappa shape index (κ1) is 25.9. The lowest BCUT2D eigenvalue weighted by molar-refractivity contribution is -0.113. The number of carbonyl (C=O) groups excluding carboxylic acids is 2. The summed E-state index contributed by atoms with van der Waals surface area (Å²) in [5, 5.41) is 15.5. The Bertz CT molecular complexity index is 1200. The van der Waals surface area contributed by atoms with Gasteiger partial charge in [0.25, 0.3) is 5.91 Å². The number of aryl methyl sites for hydroxylation is 1. The number of nitrogens with zero attached hydrogens (tertiary/aromatic N) is 3. The van der Waals surface area contributed by atoms with Crippen LogP contribution >= 0.6 is 35.0 Å². The third kappa shape index (κ3) is 6.22. The Labute approximate surface area is 212 Å². The van der Waals surface area contributed by atoms with E-state index in [2.05, 4.69) is 20.8 Å². The maximum Gasteiger partial charge on any atom is 0.253 e. The van der Waals surface area contributed by atoms with E-state index in [1.54, 1.807) is 19.2 Å². The lowest BCUT2D eigenvalue weighted by Gasteiger charge is -2.16. The number of hydrogen-bond donors (Lipinski definition) is 2. The number of ether oxygens (including phenoxy) is 1. The summed E-state index contributed by atoms with van der Waals surface area (Å²) in [5.74, 6) is 0.758. The molecule has 34 heavy (non-hydrogen) atoms. The molecule has 0 spiro atoms. The standard InChI is InChI=1S/C23H25Cl2N5O3S/c1-5-30-21(14(3)26-22(32)16-8-7-15(24)11-17(16)25)28-29-23(30)34-12-20(31)27-18-10-13(2)6-9-19(18)33-4/h6-11,14H,5,12H2,1-4H3,(H,26,32)(H,27,31)/t14-/m1/s1. The molecule has 0 aliphatic heterocycles. The van der Waals surface area contributed by atoms with Gasteiger partial charge in [0.15, 0.2) is 11.0 Å². The maximum absolute atomic E-state index is 12.7. The quantitative estimate of drug-likeness (QED) is 0.378. The summed E-state index contributed by atoms with van der Waals surface area (Å²) < 4.78 is 7.17. The zero-order valence-electron chi connectivity index (χ0n) is 19.2. The third-order valence-electron chi connectivity index (χ3n) is 4.93. The molecule has 0 aliphatic carbocycles. The maximum atomic E-state index is 12.7. The fraction of sp³-hybridized carbons (Fsp3) is 0.304. The molecule has 0 saturated carbocycles. The summed E-state index contributed by atoms with van der Waals surface area (Å²) in [5.41, 5.74) is 1.94. The molecule has 0 saturated heterocycles. The van der Waals surface area contributed by atoms with Crippen molar-refractivity contribution in [1.82, 2.24) is 20.1 Å². The zero-order valence-corrected chi connectivity index (χ0v) is 21.5. The molecule has 0 fully saturated rings. The summed E-state index contributed by atoms with van der Waals surface area (Å²) in [6, 6.07) is 9.83. The zero-order chi connectivity index (χ0) is 24.8. The van der Waals surface area contributed by atoms with Crippen molar-refractivity contribution < 1.29 is 14.3 Å². The molecular formula is C23H25Cl2N5O3S. The number of halogens is 2. The second-order valence-corrected chi connectivity index (χ2v) is 9.23. The molecule has 8 nitrogen and oxygen atoms in total. The Morgan fingerprint density at radius 3 is 2.62 bits per heavy atom. The fourth-order valence-corrected chi connectivity index (χ4v) is 4.58. The first-order valence-electron chi connectivity index (χ1n) is 10.5. The molecule has 1 atom stereocenters. The summed E-state index contributed by atoms with van der Waals surface area (Å²) in [4.78, 5) is 25.2. The average Bonchev–Trinajstić information content (AvgIpc) is 3.21. The van der Waals surface area contributed by atoms with Crippen LogP contribution in [-0.2, 0) is 11.3 Å². The third-order valence-corrected chi connectivity index (χ3v) is 6.45. The largest absolute Gasteiger partial charge is 0.495 e. The average molecular weight is 522 g/mol. The summed E-state index contributed by atoms with van der Waals surface area (Å²) >= 11 is 13.3. The van der Waals surface area contributed by atoms with E-state index in [9.17, 15) is 9.59 Å². The highest BCUT2D eigenvalue weighted by Crippen LogP contribution is 2.27. The Morgan fingerprint density at radius 2 is 1.94 bits per heavy atom. The number of amides is 2. The molecule has 0 bridgehead atoms. The molecule has 2 aromatic carbocycles. The van der Waals surface area contributed by atoms with E-state index in [4.69, 9.17) is 27.9 Å². The molecule has 0 aliphatic rings. The number of methoxy groups -OCH3 is 1. The van der Waals surface area contributed by atoms with Gasteiger partial charge in [-0.1, -0.05) is 41.0 Å². The molecule has 3 aromatic rings. The van der Waals surface area contributed by atoms with Crippen LogP contribution in [0.1, 0.15) is 41.6 Å². The van der Waals surface area contributed by atoms with Gasteiger partial charge >= 0.3 is 0 Å². The van der Waals surface area contributed by atoms with E-state index >= 15 is 0 Å². The number of benzene rings is 2. The van der Waals surface area contributed by atoms with Crippen LogP contribution in [0.4, 0.5) is 5.69 Å². The van der Waals surface area contributed by atoms with Gasteiger partial charge in [-0.3, -0.25) is 9.59 Å². The predicted octanol–water partition coefficient (Wildman–Crippen LogP) is 5.14. The smallest absolute Gasteiger partial charge is 0.253 e. The number of rotatable bonds is 9. The molecular weight excluding hydrogens is 497 g/mol. The Balaban J connectivity index is 1.66. The van der Waals surface area contributed by atoms with Crippen molar-refractivity contribution in [3.8, 4) is 5.75 Å². The molecule has 1 aromatic heterocycles. The number of nitrogens with one attached hydrogen (secondary N) is 2. The van der Waals surface area contributed by atoms with Crippen LogP contribution in [0.2, 0.25) is 10.0 Å². The molecule has 0 radical (unpaired) electrons. The van der Waals surface area contributed by atoms with Crippen LogP contribution in [0.25, 0.3) is 0 Å². The van der Waals surface area contributed by atoms with E-state index in [0.717, 1.165) is 5.56 Å². The van der Waals surface area contributed by atoms with Gasteiger partial charge in [0, 0.05) is 11.6 Å². The van der Waals surface area contributed by atoms with Gasteiger partial charge in [0.1, 0.15) is 5.75 Å². The minimum atomic E-state index is -0.438. The first-order valence-corrected chi connectivity index (χ1v) is 12.2. The highest BCUT2D eigenvalue weighted by molar-refractivity contribution is 7.99. The highest BCUT2D eigenvalue weighted by Gasteiger charge is 2.21. The van der Waals surface area contributed by atoms with Crippen LogP contribution in [0.15, 0.2) is 41.6 Å². The van der Waals surface area contributed by atoms with E-state index in [1.807, 2.05) is 43.5 Å². The molecule has 0 unspecified atom stereocenters. The molecule has 2 amide bonds. The molecule has 3 rings (SSSR count). The second-order valence-electron chi connectivity index (χ2n) is 7.44. The van der Waals surface area contributed by atoms with Crippen molar-refractivity contribution in [2.75, 3.05) is 18.2 Å². The monoisotopic (exact) mass is 521 g/mol. The van der Waals surface area contributed by atoms with Crippen molar-refractivity contribution >= 4 is 52.5 Å². The van der Waals surface area contributed by atoms with E-state index in [-0.39, 0.29) is 22.6 Å². The molecule has 11 heteroatoms. The number of thioether (sulfide) groups is 1. The first-order chi connectivity index (χ1) is 16.2. The Hall–Kier alpha value is -2.75. The van der Waals surface area contributed by atoms with Crippen LogP contribution in [0.5, 0.6) is 5.75 Å². The summed E-state index contributed by atoms with van der Waals surface area (Å²) in [6.07, 6.45) is 0. The van der Waals surface area contributed by atoms with Crippen molar-refractivity contribution in [2.24, 2.45) is 0 Å². The number of hydrogen-bond acceptors (Lipinski definition) is 6. The molecule has 1 heterocycles. The van der Waals surface area contributed by atoms with Crippen LogP contribution in [0.3, 0.4) is 0 Å². The van der Waals surface area contributed by atoms with E-state index in [0.29, 0.717) is 39.5 Å². The molecule has 180 valence electrons. The predicted molar refractivity (Wildman–Crippen MR) is 135 cm³/mol. The van der Waals surface area contributed by atoms with Crippen LogP contribution in [-0.4, -0.2) is 39.4 Å². The van der Waals surface area contributed by atoms with Crippen molar-refractivity contribution in [1.29, 1.82) is 0 Å². The van der Waals surface area contributed by atoms with Crippen molar-refractivity contribution in [3.05, 3.63) is 63.4 Å². The van der Waals surface area contributed by atoms with Gasteiger partial charge in [-0.25, -0.2) is 0 Å². The van der Waals surface area contributed by atoms with Crippen LogP contribution in [0, 0.1) is 6.92 Å². The lowest BCUT2D eigenvalue weighted by Crippen LogP contribution is -2.29. The van der Waals surface area contributed by atoms with E-state index in [1.165, 1.54) is 17.8 Å². The van der Waals surface area contributed by atoms with Gasteiger partial charge in [0.2, 0.25) is 5.91 Å². The number of carbonyl (C=O) groups is 2. The lowest BCUT2D eigenvalue weighted by atomic mass is 10.2. The Morgan fingerprint density at radius 1 is 1.18 bits per heavy atom. The highest BCUT2D eigenvalue weighted by atomic mass is 35.5. The second kappa shape index (κ2) is 11.6. The number of anilines is 1. The van der Waals surface area contributed by atoms with Gasteiger partial charge in [-0.05, 0) is 56.7 Å². The Kier molecular flexibility index (Phi) is 8.82. The molecule has 2 N–H and O–H groups in total.